The number of aliphatic hydroxyl groups is 1. The molecule has 0 aliphatic heterocycles. The Morgan fingerprint density at radius 1 is 1.12 bits per heavy atom. The molecule has 0 spiro atoms. The van der Waals surface area contributed by atoms with Crippen LogP contribution in [-0.2, 0) is 4.79 Å². The SMILES string of the molecule is CC(N)O.CCCCCCCCCC(=O)O. The van der Waals surface area contributed by atoms with E-state index in [0.717, 1.165) is 12.8 Å². The van der Waals surface area contributed by atoms with Gasteiger partial charge >= 0.3 is 5.97 Å². The maximum Gasteiger partial charge on any atom is 0.303 e. The molecule has 0 heterocycles. The lowest BCUT2D eigenvalue weighted by Gasteiger charge is -1.98. The normalized spacial score (nSPS) is 11.5. The smallest absolute Gasteiger partial charge is 0.303 e. The van der Waals surface area contributed by atoms with Crippen molar-refractivity contribution < 1.29 is 15.0 Å². The van der Waals surface area contributed by atoms with Crippen molar-refractivity contribution in [2.75, 3.05) is 0 Å². The van der Waals surface area contributed by atoms with Crippen molar-refractivity contribution in [3.8, 4) is 0 Å². The van der Waals surface area contributed by atoms with E-state index in [-0.39, 0.29) is 0 Å². The van der Waals surface area contributed by atoms with Crippen LogP contribution in [0.25, 0.3) is 0 Å². The van der Waals surface area contributed by atoms with E-state index in [2.05, 4.69) is 12.7 Å². The minimum atomic E-state index is -0.667. The predicted octanol–water partition coefficient (Wildman–Crippen LogP) is 2.50. The molecule has 0 saturated heterocycles. The van der Waals surface area contributed by atoms with Gasteiger partial charge in [-0.1, -0.05) is 45.4 Å². The summed E-state index contributed by atoms with van der Waals surface area (Å²) in [6.45, 7) is 3.70. The second-order valence-electron chi connectivity index (χ2n) is 4.01. The Morgan fingerprint density at radius 3 is 1.88 bits per heavy atom. The van der Waals surface area contributed by atoms with Gasteiger partial charge < -0.3 is 15.9 Å². The maximum atomic E-state index is 10.1. The quantitative estimate of drug-likeness (QED) is 0.444. The summed E-state index contributed by atoms with van der Waals surface area (Å²) >= 11 is 0. The summed E-state index contributed by atoms with van der Waals surface area (Å²) in [4.78, 5) is 10.1. The number of rotatable bonds is 8. The van der Waals surface area contributed by atoms with Crippen LogP contribution >= 0.6 is 0 Å². The zero-order chi connectivity index (χ0) is 12.8. The van der Waals surface area contributed by atoms with Gasteiger partial charge in [0.15, 0.2) is 0 Å². The van der Waals surface area contributed by atoms with E-state index in [1.165, 1.54) is 39.0 Å². The first-order chi connectivity index (χ1) is 7.50. The molecule has 0 aromatic rings. The fourth-order valence-corrected chi connectivity index (χ4v) is 1.23. The van der Waals surface area contributed by atoms with Gasteiger partial charge in [-0.2, -0.15) is 0 Å². The molecule has 0 rings (SSSR count). The fourth-order valence-electron chi connectivity index (χ4n) is 1.23. The monoisotopic (exact) mass is 233 g/mol. The van der Waals surface area contributed by atoms with Crippen LogP contribution in [0.15, 0.2) is 0 Å². The van der Waals surface area contributed by atoms with Crippen LogP contribution in [0.4, 0.5) is 0 Å². The fraction of sp³-hybridized carbons (Fsp3) is 0.917. The van der Waals surface area contributed by atoms with Gasteiger partial charge in [-0.25, -0.2) is 0 Å². The van der Waals surface area contributed by atoms with Crippen LogP contribution < -0.4 is 5.73 Å². The highest BCUT2D eigenvalue weighted by Gasteiger charge is 1.95. The molecule has 0 radical (unpaired) electrons. The average Bonchev–Trinajstić information content (AvgIpc) is 2.15. The van der Waals surface area contributed by atoms with E-state index >= 15 is 0 Å². The Bertz CT molecular complexity index is 146. The lowest BCUT2D eigenvalue weighted by Crippen LogP contribution is -2.11. The molecule has 1 atom stereocenters. The van der Waals surface area contributed by atoms with Crippen molar-refractivity contribution >= 4 is 5.97 Å². The van der Waals surface area contributed by atoms with Gasteiger partial charge in [0.1, 0.15) is 0 Å². The number of hydrogen-bond acceptors (Lipinski definition) is 3. The van der Waals surface area contributed by atoms with Crippen molar-refractivity contribution in [3.05, 3.63) is 0 Å². The summed E-state index contributed by atoms with van der Waals surface area (Å²) < 4.78 is 0. The molecule has 16 heavy (non-hydrogen) atoms. The van der Waals surface area contributed by atoms with Crippen molar-refractivity contribution in [3.63, 3.8) is 0 Å². The number of carboxylic acids is 1. The van der Waals surface area contributed by atoms with E-state index in [4.69, 9.17) is 10.2 Å². The molecular formula is C12H27NO3. The molecule has 0 bridgehead atoms. The topological polar surface area (TPSA) is 83.5 Å². The number of carbonyl (C=O) groups is 1. The number of aliphatic carboxylic acids is 1. The summed E-state index contributed by atoms with van der Waals surface area (Å²) in [7, 11) is 0. The van der Waals surface area contributed by atoms with Gasteiger partial charge in [0, 0.05) is 6.42 Å². The first kappa shape index (κ1) is 17.8. The lowest BCUT2D eigenvalue weighted by molar-refractivity contribution is -0.137. The molecule has 4 nitrogen and oxygen atoms in total. The molecule has 0 aromatic heterocycles. The molecule has 1 unspecified atom stereocenters. The molecular weight excluding hydrogens is 206 g/mol. The molecule has 4 N–H and O–H groups in total. The van der Waals surface area contributed by atoms with E-state index in [0.29, 0.717) is 6.42 Å². The van der Waals surface area contributed by atoms with Gasteiger partial charge in [0.05, 0.1) is 6.23 Å². The molecule has 0 aromatic carbocycles. The summed E-state index contributed by atoms with van der Waals surface area (Å²) in [5.74, 6) is -0.663. The van der Waals surface area contributed by atoms with Gasteiger partial charge in [0.25, 0.3) is 0 Å². The molecule has 0 fully saturated rings. The highest BCUT2D eigenvalue weighted by Crippen LogP contribution is 2.07. The summed E-state index contributed by atoms with van der Waals surface area (Å²) in [5.41, 5.74) is 4.67. The van der Waals surface area contributed by atoms with Gasteiger partial charge in [-0.05, 0) is 13.3 Å². The highest BCUT2D eigenvalue weighted by molar-refractivity contribution is 5.66. The van der Waals surface area contributed by atoms with E-state index in [1.807, 2.05) is 0 Å². The van der Waals surface area contributed by atoms with E-state index in [1.54, 1.807) is 0 Å². The predicted molar refractivity (Wildman–Crippen MR) is 66.1 cm³/mol. The number of nitrogens with two attached hydrogens (primary N) is 1. The van der Waals surface area contributed by atoms with Gasteiger partial charge in [-0.3, -0.25) is 4.79 Å². The number of unbranched alkanes of at least 4 members (excludes halogenated alkanes) is 6. The summed E-state index contributed by atoms with van der Waals surface area (Å²) in [5, 5.41) is 16.2. The van der Waals surface area contributed by atoms with Crippen LogP contribution in [0, 0.1) is 0 Å². The Morgan fingerprint density at radius 2 is 1.50 bits per heavy atom. The Labute approximate surface area is 98.8 Å². The zero-order valence-corrected chi connectivity index (χ0v) is 10.6. The molecule has 0 aliphatic rings. The molecule has 4 heteroatoms. The van der Waals surface area contributed by atoms with E-state index < -0.39 is 12.2 Å². The van der Waals surface area contributed by atoms with Crippen LogP contribution in [0.2, 0.25) is 0 Å². The second kappa shape index (κ2) is 14.4. The van der Waals surface area contributed by atoms with Crippen LogP contribution in [0.5, 0.6) is 0 Å². The second-order valence-corrected chi connectivity index (χ2v) is 4.01. The standard InChI is InChI=1S/C10H20O2.C2H7NO/c1-2-3-4-5-6-7-8-9-10(11)12;1-2(3)4/h2-9H2,1H3,(H,11,12);2,4H,3H2,1H3. The first-order valence-corrected chi connectivity index (χ1v) is 6.16. The highest BCUT2D eigenvalue weighted by atomic mass is 16.4. The first-order valence-electron chi connectivity index (χ1n) is 6.16. The van der Waals surface area contributed by atoms with Crippen molar-refractivity contribution in [2.45, 2.75) is 71.4 Å². The minimum absolute atomic E-state index is 0.341. The van der Waals surface area contributed by atoms with Crippen LogP contribution in [0.3, 0.4) is 0 Å². The minimum Gasteiger partial charge on any atom is -0.481 e. The third-order valence-electron chi connectivity index (χ3n) is 1.99. The average molecular weight is 233 g/mol. The molecule has 0 aliphatic carbocycles. The Balaban J connectivity index is 0. The number of carboxylic acid groups (broad SMARTS) is 1. The Hall–Kier alpha value is -0.610. The lowest BCUT2D eigenvalue weighted by atomic mass is 10.1. The maximum absolute atomic E-state index is 10.1. The van der Waals surface area contributed by atoms with Gasteiger partial charge in [0.2, 0.25) is 0 Å². The molecule has 98 valence electrons. The van der Waals surface area contributed by atoms with Crippen LogP contribution in [-0.4, -0.2) is 22.4 Å². The zero-order valence-electron chi connectivity index (χ0n) is 10.6. The van der Waals surface area contributed by atoms with E-state index in [9.17, 15) is 4.79 Å². The number of hydrogen-bond donors (Lipinski definition) is 3. The third-order valence-corrected chi connectivity index (χ3v) is 1.99. The summed E-state index contributed by atoms with van der Waals surface area (Å²) in [6.07, 6.45) is 7.98. The molecule has 0 saturated carbocycles. The number of aliphatic hydroxyl groups excluding tert-OH is 1. The van der Waals surface area contributed by atoms with Crippen molar-refractivity contribution in [1.82, 2.24) is 0 Å². The van der Waals surface area contributed by atoms with Crippen molar-refractivity contribution in [1.29, 1.82) is 0 Å². The summed E-state index contributed by atoms with van der Waals surface area (Å²) in [6, 6.07) is 0. The Kier molecular flexibility index (Phi) is 16.0. The van der Waals surface area contributed by atoms with Crippen LogP contribution in [0.1, 0.15) is 65.2 Å². The van der Waals surface area contributed by atoms with Gasteiger partial charge in [-0.15, -0.1) is 0 Å². The third kappa shape index (κ3) is 29.2. The van der Waals surface area contributed by atoms with Crippen molar-refractivity contribution in [2.24, 2.45) is 5.73 Å². The largest absolute Gasteiger partial charge is 0.481 e. The molecule has 0 amide bonds.